The Balaban J connectivity index is 1.52. The molecule has 0 spiro atoms. The van der Waals surface area contributed by atoms with Gasteiger partial charge in [0.15, 0.2) is 0 Å². The van der Waals surface area contributed by atoms with Gasteiger partial charge in [0.1, 0.15) is 18.3 Å². The molecule has 6 nitrogen and oxygen atoms in total. The van der Waals surface area contributed by atoms with Gasteiger partial charge in [-0.1, -0.05) is 30.3 Å². The molecule has 1 aromatic heterocycles. The van der Waals surface area contributed by atoms with Crippen molar-refractivity contribution in [2.75, 3.05) is 0 Å². The fourth-order valence-electron chi connectivity index (χ4n) is 4.58. The van der Waals surface area contributed by atoms with Gasteiger partial charge in [0.05, 0.1) is 11.3 Å². The van der Waals surface area contributed by atoms with Gasteiger partial charge in [-0.25, -0.2) is 4.79 Å². The first kappa shape index (κ1) is 18.5. The molecular weight excluding hydrogens is 354 g/mol. The summed E-state index contributed by atoms with van der Waals surface area (Å²) in [6, 6.07) is 14.9. The molecule has 3 heterocycles. The van der Waals surface area contributed by atoms with E-state index in [2.05, 4.69) is 11.1 Å². The number of nitriles is 1. The highest BCUT2D eigenvalue weighted by Crippen LogP contribution is 2.44. The lowest BCUT2D eigenvalue weighted by atomic mass is 9.73. The Bertz CT molecular complexity index is 879. The van der Waals surface area contributed by atoms with Crippen LogP contribution in [-0.4, -0.2) is 33.2 Å². The zero-order valence-corrected chi connectivity index (χ0v) is 15.6. The van der Waals surface area contributed by atoms with Crippen LogP contribution in [0.25, 0.3) is 0 Å². The fraction of sp³-hybridized carbons (Fsp3) is 0.409. The molecule has 1 amide bonds. The van der Waals surface area contributed by atoms with Crippen LogP contribution in [0.3, 0.4) is 0 Å². The lowest BCUT2D eigenvalue weighted by Crippen LogP contribution is -2.59. The fourth-order valence-corrected chi connectivity index (χ4v) is 4.58. The minimum Gasteiger partial charge on any atom is -0.445 e. The van der Waals surface area contributed by atoms with Crippen LogP contribution >= 0.6 is 0 Å². The van der Waals surface area contributed by atoms with E-state index in [0.29, 0.717) is 24.1 Å². The highest BCUT2D eigenvalue weighted by atomic mass is 16.6. The van der Waals surface area contributed by atoms with Crippen LogP contribution in [0.4, 0.5) is 4.79 Å². The summed E-state index contributed by atoms with van der Waals surface area (Å²) < 4.78 is 5.56. The van der Waals surface area contributed by atoms with Crippen molar-refractivity contribution in [3.8, 4) is 6.07 Å². The van der Waals surface area contributed by atoms with E-state index in [4.69, 9.17) is 4.74 Å². The summed E-state index contributed by atoms with van der Waals surface area (Å²) in [6.07, 6.45) is 4.65. The number of carbonyl (C=O) groups excluding carboxylic acids is 1. The van der Waals surface area contributed by atoms with Crippen LogP contribution in [0.5, 0.6) is 0 Å². The number of aliphatic hydroxyl groups is 1. The number of carbonyl (C=O) groups is 1. The zero-order valence-electron chi connectivity index (χ0n) is 15.6. The molecule has 0 radical (unpaired) electrons. The lowest BCUT2D eigenvalue weighted by molar-refractivity contribution is -0.0919. The number of aromatic nitrogens is 1. The smallest absolute Gasteiger partial charge is 0.410 e. The molecule has 1 N–H and O–H groups in total. The Labute approximate surface area is 164 Å². The number of pyridine rings is 1. The maximum absolute atomic E-state index is 12.8. The van der Waals surface area contributed by atoms with Crippen molar-refractivity contribution >= 4 is 6.09 Å². The molecule has 2 unspecified atom stereocenters. The van der Waals surface area contributed by atoms with Crippen molar-refractivity contribution in [3.63, 3.8) is 0 Å². The maximum Gasteiger partial charge on any atom is 0.410 e. The van der Waals surface area contributed by atoms with Crippen molar-refractivity contribution < 1.29 is 14.6 Å². The SMILES string of the molecule is N#Cc1cccnc1C1(O)CC2CCCC(C1)N2C(=O)OCc1ccccc1. The average Bonchev–Trinajstić information content (AvgIpc) is 2.72. The molecule has 1 aromatic carbocycles. The van der Waals surface area contributed by atoms with E-state index >= 15 is 0 Å². The molecule has 0 aliphatic carbocycles. The molecule has 28 heavy (non-hydrogen) atoms. The van der Waals surface area contributed by atoms with Gasteiger partial charge in [-0.3, -0.25) is 4.98 Å². The van der Waals surface area contributed by atoms with E-state index < -0.39 is 5.60 Å². The van der Waals surface area contributed by atoms with Crippen LogP contribution in [0.15, 0.2) is 48.7 Å². The van der Waals surface area contributed by atoms with Crippen LogP contribution in [0, 0.1) is 11.3 Å². The van der Waals surface area contributed by atoms with E-state index in [1.807, 2.05) is 30.3 Å². The summed E-state index contributed by atoms with van der Waals surface area (Å²) in [5.74, 6) is 0. The number of piperidine rings is 2. The number of amides is 1. The summed E-state index contributed by atoms with van der Waals surface area (Å²) in [7, 11) is 0. The monoisotopic (exact) mass is 377 g/mol. The second kappa shape index (κ2) is 7.61. The number of benzene rings is 1. The molecule has 4 rings (SSSR count). The summed E-state index contributed by atoms with van der Waals surface area (Å²) in [5, 5.41) is 20.8. The number of rotatable bonds is 3. The van der Waals surface area contributed by atoms with Gasteiger partial charge < -0.3 is 14.7 Å². The molecule has 2 atom stereocenters. The Hall–Kier alpha value is -2.91. The highest BCUT2D eigenvalue weighted by Gasteiger charge is 2.50. The Kier molecular flexibility index (Phi) is 5.01. The van der Waals surface area contributed by atoms with Crippen molar-refractivity contribution in [1.29, 1.82) is 5.26 Å². The maximum atomic E-state index is 12.8. The third kappa shape index (κ3) is 3.46. The first-order valence-corrected chi connectivity index (χ1v) is 9.68. The number of ether oxygens (including phenoxy) is 1. The van der Waals surface area contributed by atoms with E-state index in [-0.39, 0.29) is 24.8 Å². The molecule has 144 valence electrons. The van der Waals surface area contributed by atoms with E-state index in [1.165, 1.54) is 0 Å². The second-order valence-electron chi connectivity index (χ2n) is 7.64. The van der Waals surface area contributed by atoms with Crippen LogP contribution in [-0.2, 0) is 16.9 Å². The minimum absolute atomic E-state index is 0.116. The molecule has 2 aliphatic heterocycles. The molecule has 0 saturated carbocycles. The normalized spacial score (nSPS) is 26.4. The van der Waals surface area contributed by atoms with Crippen LogP contribution in [0.2, 0.25) is 0 Å². The first-order chi connectivity index (χ1) is 13.6. The minimum atomic E-state index is -1.20. The molecule has 2 bridgehead atoms. The van der Waals surface area contributed by atoms with E-state index in [0.717, 1.165) is 24.8 Å². The van der Waals surface area contributed by atoms with Gasteiger partial charge in [-0.2, -0.15) is 5.26 Å². The molecule has 2 aromatic rings. The second-order valence-corrected chi connectivity index (χ2v) is 7.64. The topological polar surface area (TPSA) is 86.5 Å². The van der Waals surface area contributed by atoms with Crippen molar-refractivity contribution in [3.05, 3.63) is 65.5 Å². The molecule has 2 saturated heterocycles. The predicted molar refractivity (Wildman–Crippen MR) is 102 cm³/mol. The molecular formula is C22H23N3O3. The largest absolute Gasteiger partial charge is 0.445 e. The molecule has 6 heteroatoms. The zero-order chi connectivity index (χ0) is 19.6. The average molecular weight is 377 g/mol. The number of nitrogens with zero attached hydrogens (tertiary/aromatic N) is 3. The third-order valence-electron chi connectivity index (χ3n) is 5.79. The Morgan fingerprint density at radius 1 is 1.21 bits per heavy atom. The quantitative estimate of drug-likeness (QED) is 0.885. The van der Waals surface area contributed by atoms with Gasteiger partial charge >= 0.3 is 6.09 Å². The Morgan fingerprint density at radius 2 is 1.93 bits per heavy atom. The predicted octanol–water partition coefficient (Wildman–Crippen LogP) is 3.49. The first-order valence-electron chi connectivity index (χ1n) is 9.68. The number of hydrogen-bond acceptors (Lipinski definition) is 5. The van der Waals surface area contributed by atoms with Crippen LogP contribution < -0.4 is 0 Å². The third-order valence-corrected chi connectivity index (χ3v) is 5.79. The lowest BCUT2D eigenvalue weighted by Gasteiger charge is -2.51. The van der Waals surface area contributed by atoms with E-state index in [9.17, 15) is 15.2 Å². The van der Waals surface area contributed by atoms with Gasteiger partial charge in [-0.15, -0.1) is 0 Å². The summed E-state index contributed by atoms with van der Waals surface area (Å²) >= 11 is 0. The van der Waals surface area contributed by atoms with Gasteiger partial charge in [-0.05, 0) is 37.0 Å². The summed E-state index contributed by atoms with van der Waals surface area (Å²) in [6.45, 7) is 0.235. The van der Waals surface area contributed by atoms with Crippen LogP contribution in [0.1, 0.15) is 48.9 Å². The number of fused-ring (bicyclic) bond motifs is 2. The van der Waals surface area contributed by atoms with Gasteiger partial charge in [0.25, 0.3) is 0 Å². The standard InChI is InChI=1S/C22H23N3O3/c23-14-17-8-5-11-24-20(17)22(27)12-18-9-4-10-19(13-22)25(18)21(26)28-15-16-6-2-1-3-7-16/h1-3,5-8,11,18-19,27H,4,9-10,12-13,15H2. The summed E-state index contributed by atoms with van der Waals surface area (Å²) in [5.41, 5.74) is 0.565. The summed E-state index contributed by atoms with van der Waals surface area (Å²) in [4.78, 5) is 18.9. The number of hydrogen-bond donors (Lipinski definition) is 1. The Morgan fingerprint density at radius 3 is 2.61 bits per heavy atom. The van der Waals surface area contributed by atoms with Gasteiger partial charge in [0, 0.05) is 31.1 Å². The molecule has 2 aliphatic rings. The van der Waals surface area contributed by atoms with E-state index in [1.54, 1.807) is 23.2 Å². The highest BCUT2D eigenvalue weighted by molar-refractivity contribution is 5.69. The van der Waals surface area contributed by atoms with Gasteiger partial charge in [0.2, 0.25) is 0 Å². The van der Waals surface area contributed by atoms with Crippen molar-refractivity contribution in [1.82, 2.24) is 9.88 Å². The van der Waals surface area contributed by atoms with Crippen molar-refractivity contribution in [2.45, 2.75) is 56.4 Å². The van der Waals surface area contributed by atoms with Crippen molar-refractivity contribution in [2.24, 2.45) is 0 Å². The molecule has 2 fully saturated rings.